The molecule has 0 N–H and O–H groups in total. The van der Waals surface area contributed by atoms with Crippen molar-refractivity contribution in [2.75, 3.05) is 21.3 Å². The lowest BCUT2D eigenvalue weighted by Gasteiger charge is -2.22. The molecule has 2 aromatic rings. The number of halogens is 2. The van der Waals surface area contributed by atoms with Crippen LogP contribution in [0.25, 0.3) is 0 Å². The van der Waals surface area contributed by atoms with Crippen LogP contribution in [0.15, 0.2) is 53.0 Å². The molecule has 2 amide bonds. The molecule has 130 valence electrons. The summed E-state index contributed by atoms with van der Waals surface area (Å²) in [7, 11) is -3.25. The number of carbonyl (C=O) groups excluding carboxylic acids is 1. The minimum atomic E-state index is -3.25. The van der Waals surface area contributed by atoms with Crippen molar-refractivity contribution in [2.45, 2.75) is 12.1 Å². The molecule has 8 heteroatoms. The summed E-state index contributed by atoms with van der Waals surface area (Å²) in [5.41, 5.74) is 1.14. The number of hydrogen-bond acceptors (Lipinski definition) is 3. The maximum absolute atomic E-state index is 13.2. The van der Waals surface area contributed by atoms with E-state index in [1.165, 1.54) is 34.1 Å². The zero-order valence-electron chi connectivity index (χ0n) is 13.0. The van der Waals surface area contributed by atoms with Crippen LogP contribution in [0.2, 0.25) is 0 Å². The number of fused-ring (bicyclic) bond motifs is 1. The molecular formula is C17H14BrFN2O3S. The number of sulfone groups is 1. The van der Waals surface area contributed by atoms with Crippen LogP contribution in [0.3, 0.4) is 0 Å². The van der Waals surface area contributed by atoms with E-state index in [1.54, 1.807) is 12.1 Å². The van der Waals surface area contributed by atoms with Crippen molar-refractivity contribution in [3.05, 3.63) is 58.8 Å². The second kappa shape index (κ2) is 5.81. The lowest BCUT2D eigenvalue weighted by molar-refractivity contribution is 0.255. The third-order valence-electron chi connectivity index (χ3n) is 4.58. The molecule has 2 saturated heterocycles. The minimum absolute atomic E-state index is 0.0723. The summed E-state index contributed by atoms with van der Waals surface area (Å²) >= 11 is 3.35. The topological polar surface area (TPSA) is 57.7 Å². The number of carbonyl (C=O) groups is 1. The molecule has 25 heavy (non-hydrogen) atoms. The molecule has 4 rings (SSSR count). The predicted molar refractivity (Wildman–Crippen MR) is 97.1 cm³/mol. The Balaban J connectivity index is 1.79. The number of nitrogens with zero attached hydrogens (tertiary/aromatic N) is 2. The highest BCUT2D eigenvalue weighted by atomic mass is 79.9. The van der Waals surface area contributed by atoms with E-state index in [0.29, 0.717) is 11.4 Å². The monoisotopic (exact) mass is 424 g/mol. The van der Waals surface area contributed by atoms with E-state index in [4.69, 9.17) is 0 Å². The van der Waals surface area contributed by atoms with Gasteiger partial charge in [0.1, 0.15) is 5.82 Å². The first-order valence-electron chi connectivity index (χ1n) is 7.70. The van der Waals surface area contributed by atoms with Crippen LogP contribution >= 0.6 is 15.9 Å². The molecule has 5 nitrogen and oxygen atoms in total. The lowest BCUT2D eigenvalue weighted by atomic mass is 10.1. The minimum Gasteiger partial charge on any atom is -0.288 e. The maximum Gasteiger partial charge on any atom is 0.329 e. The van der Waals surface area contributed by atoms with Gasteiger partial charge in [0.2, 0.25) is 0 Å². The average molecular weight is 425 g/mol. The molecule has 0 unspecified atom stereocenters. The molecule has 0 radical (unpaired) electrons. The highest BCUT2D eigenvalue weighted by molar-refractivity contribution is 9.10. The Morgan fingerprint density at radius 3 is 1.80 bits per heavy atom. The smallest absolute Gasteiger partial charge is 0.288 e. The summed E-state index contributed by atoms with van der Waals surface area (Å²) in [5.74, 6) is -0.568. The number of benzene rings is 2. The van der Waals surface area contributed by atoms with Crippen molar-refractivity contribution >= 4 is 43.2 Å². The third kappa shape index (κ3) is 2.83. The number of urea groups is 1. The summed E-state index contributed by atoms with van der Waals surface area (Å²) < 4.78 is 38.5. The van der Waals surface area contributed by atoms with Crippen LogP contribution in [-0.4, -0.2) is 38.0 Å². The van der Waals surface area contributed by atoms with Crippen LogP contribution in [0.1, 0.15) is 0 Å². The Morgan fingerprint density at radius 2 is 1.32 bits per heavy atom. The molecule has 0 aromatic heterocycles. The predicted octanol–water partition coefficient (Wildman–Crippen LogP) is 3.20. The zero-order valence-corrected chi connectivity index (χ0v) is 15.4. The molecule has 0 aliphatic carbocycles. The van der Waals surface area contributed by atoms with Crippen molar-refractivity contribution in [3.8, 4) is 0 Å². The number of amides is 2. The van der Waals surface area contributed by atoms with Crippen molar-refractivity contribution in [2.24, 2.45) is 0 Å². The Hall–Kier alpha value is -1.93. The number of hydrogen-bond donors (Lipinski definition) is 0. The van der Waals surface area contributed by atoms with Crippen LogP contribution in [0.5, 0.6) is 0 Å². The molecule has 2 aliphatic rings. The summed E-state index contributed by atoms with van der Waals surface area (Å²) in [6.07, 6.45) is 0. The lowest BCUT2D eigenvalue weighted by Crippen LogP contribution is -2.37. The Morgan fingerprint density at radius 1 is 0.880 bits per heavy atom. The molecule has 2 heterocycles. The maximum atomic E-state index is 13.2. The fourth-order valence-corrected chi connectivity index (χ4v) is 5.69. The summed E-state index contributed by atoms with van der Waals surface area (Å²) in [6, 6.07) is 11.5. The third-order valence-corrected chi connectivity index (χ3v) is 6.81. The number of rotatable bonds is 2. The van der Waals surface area contributed by atoms with E-state index in [2.05, 4.69) is 15.9 Å². The van der Waals surface area contributed by atoms with E-state index in [-0.39, 0.29) is 17.5 Å². The molecule has 0 bridgehead atoms. The number of anilines is 2. The van der Waals surface area contributed by atoms with Gasteiger partial charge in [-0.3, -0.25) is 9.80 Å². The van der Waals surface area contributed by atoms with Crippen molar-refractivity contribution in [3.63, 3.8) is 0 Å². The average Bonchev–Trinajstić information content (AvgIpc) is 2.99. The van der Waals surface area contributed by atoms with Crippen molar-refractivity contribution < 1.29 is 17.6 Å². The second-order valence-electron chi connectivity index (χ2n) is 6.19. The second-order valence-corrected chi connectivity index (χ2v) is 9.26. The van der Waals surface area contributed by atoms with E-state index in [9.17, 15) is 17.6 Å². The Labute approximate surface area is 153 Å². The SMILES string of the molecule is O=C1N(c2ccc(F)cc2)[C@@H]2CS(=O)(=O)C[C@H]2N1c1ccc(Br)cc1. The van der Waals surface area contributed by atoms with E-state index in [0.717, 1.165) is 4.47 Å². The summed E-state index contributed by atoms with van der Waals surface area (Å²) in [5, 5.41) is 0. The highest BCUT2D eigenvalue weighted by Crippen LogP contribution is 2.38. The van der Waals surface area contributed by atoms with Crippen molar-refractivity contribution in [1.82, 2.24) is 0 Å². The fourth-order valence-electron chi connectivity index (χ4n) is 3.51. The normalized spacial score (nSPS) is 24.6. The molecule has 2 aliphatic heterocycles. The van der Waals surface area contributed by atoms with Crippen LogP contribution in [0, 0.1) is 5.82 Å². The first kappa shape index (κ1) is 16.5. The van der Waals surface area contributed by atoms with E-state index in [1.807, 2.05) is 12.1 Å². The van der Waals surface area contributed by atoms with Gasteiger partial charge in [-0.05, 0) is 48.5 Å². The fraction of sp³-hybridized carbons (Fsp3) is 0.235. The van der Waals surface area contributed by atoms with Crippen molar-refractivity contribution in [1.29, 1.82) is 0 Å². The summed E-state index contributed by atoms with van der Waals surface area (Å²) in [4.78, 5) is 16.1. The first-order valence-corrected chi connectivity index (χ1v) is 10.3. The largest absolute Gasteiger partial charge is 0.329 e. The van der Waals surface area contributed by atoms with E-state index >= 15 is 0 Å². The van der Waals surface area contributed by atoms with Gasteiger partial charge in [-0.15, -0.1) is 0 Å². The van der Waals surface area contributed by atoms with Gasteiger partial charge in [0.25, 0.3) is 0 Å². The van der Waals surface area contributed by atoms with Gasteiger partial charge in [-0.1, -0.05) is 15.9 Å². The molecular weight excluding hydrogens is 411 g/mol. The molecule has 2 atom stereocenters. The highest BCUT2D eigenvalue weighted by Gasteiger charge is 2.54. The molecule has 0 saturated carbocycles. The van der Waals surface area contributed by atoms with Crippen LogP contribution in [0.4, 0.5) is 20.6 Å². The Kier molecular flexibility index (Phi) is 3.84. The van der Waals surface area contributed by atoms with E-state index < -0.39 is 27.7 Å². The Bertz CT molecular complexity index is 862. The standard InChI is InChI=1S/C17H14BrFN2O3S/c18-11-1-5-13(6-2-11)20-15-9-25(23,24)10-16(15)21(17(20)22)14-7-3-12(19)4-8-14/h1-8,15-16H,9-10H2/t15-,16-/m1/s1. The first-order chi connectivity index (χ1) is 11.9. The van der Waals surface area contributed by atoms with Crippen LogP contribution in [-0.2, 0) is 9.84 Å². The zero-order chi connectivity index (χ0) is 17.8. The van der Waals surface area contributed by atoms with Gasteiger partial charge in [0, 0.05) is 15.8 Å². The molecule has 2 fully saturated rings. The summed E-state index contributed by atoms with van der Waals surface area (Å²) in [6.45, 7) is 0. The quantitative estimate of drug-likeness (QED) is 0.695. The van der Waals surface area contributed by atoms with Gasteiger partial charge in [-0.2, -0.15) is 0 Å². The van der Waals surface area contributed by atoms with Gasteiger partial charge < -0.3 is 0 Å². The molecule has 2 aromatic carbocycles. The van der Waals surface area contributed by atoms with Gasteiger partial charge in [0.05, 0.1) is 23.6 Å². The van der Waals surface area contributed by atoms with Gasteiger partial charge >= 0.3 is 6.03 Å². The molecule has 0 spiro atoms. The van der Waals surface area contributed by atoms with Crippen LogP contribution < -0.4 is 9.80 Å². The van der Waals surface area contributed by atoms with Gasteiger partial charge in [0.15, 0.2) is 9.84 Å². The van der Waals surface area contributed by atoms with Gasteiger partial charge in [-0.25, -0.2) is 17.6 Å².